The third kappa shape index (κ3) is 5.60. The van der Waals surface area contributed by atoms with Crippen molar-refractivity contribution in [2.75, 3.05) is 0 Å². The van der Waals surface area contributed by atoms with E-state index in [1.165, 1.54) is 0 Å². The monoisotopic (exact) mass is 342 g/mol. The van der Waals surface area contributed by atoms with Crippen molar-refractivity contribution < 1.29 is 9.90 Å². The highest BCUT2D eigenvalue weighted by atomic mass is 16.4. The lowest BCUT2D eigenvalue weighted by Gasteiger charge is -2.06. The lowest BCUT2D eigenvalue weighted by molar-refractivity contribution is -0.132. The Kier molecular flexibility index (Phi) is 7.14. The summed E-state index contributed by atoms with van der Waals surface area (Å²) in [6.45, 7) is 5.59. The summed E-state index contributed by atoms with van der Waals surface area (Å²) in [7, 11) is 0. The maximum atomic E-state index is 11.8. The molecule has 0 bridgehead atoms. The SMILES string of the molecule is C=CC=CC(C(=O)O)=C(C=Cc1ccccc1)C=C(C)c1ccccc1. The number of carbonyl (C=O) groups is 1. The minimum absolute atomic E-state index is 0.215. The van der Waals surface area contributed by atoms with Gasteiger partial charge in [-0.2, -0.15) is 0 Å². The maximum Gasteiger partial charge on any atom is 0.336 e. The summed E-state index contributed by atoms with van der Waals surface area (Å²) in [4.78, 5) is 11.8. The molecule has 2 rings (SSSR count). The van der Waals surface area contributed by atoms with Gasteiger partial charge in [0.2, 0.25) is 0 Å². The number of rotatable bonds is 7. The average molecular weight is 342 g/mol. The summed E-state index contributed by atoms with van der Waals surface area (Å²) in [5.41, 5.74) is 3.89. The first-order valence-corrected chi connectivity index (χ1v) is 8.35. The summed E-state index contributed by atoms with van der Waals surface area (Å²) < 4.78 is 0. The number of hydrogen-bond donors (Lipinski definition) is 1. The molecule has 1 N–H and O–H groups in total. The molecule has 0 unspecified atom stereocenters. The van der Waals surface area contributed by atoms with Crippen molar-refractivity contribution in [3.05, 3.63) is 120 Å². The van der Waals surface area contributed by atoms with Gasteiger partial charge in [-0.15, -0.1) is 0 Å². The van der Waals surface area contributed by atoms with E-state index in [4.69, 9.17) is 0 Å². The number of carboxylic acids is 1. The number of hydrogen-bond acceptors (Lipinski definition) is 1. The highest BCUT2D eigenvalue weighted by molar-refractivity contribution is 5.93. The first kappa shape index (κ1) is 18.9. The second kappa shape index (κ2) is 9.80. The van der Waals surface area contributed by atoms with Crippen molar-refractivity contribution >= 4 is 17.6 Å². The van der Waals surface area contributed by atoms with Crippen LogP contribution in [0.4, 0.5) is 0 Å². The van der Waals surface area contributed by atoms with Gasteiger partial charge in [0.1, 0.15) is 0 Å². The molecule has 0 aliphatic carbocycles. The molecule has 2 aromatic carbocycles. The molecule has 0 amide bonds. The number of benzene rings is 2. The van der Waals surface area contributed by atoms with Crippen molar-refractivity contribution in [3.8, 4) is 0 Å². The predicted molar refractivity (Wildman–Crippen MR) is 110 cm³/mol. The Morgan fingerprint density at radius 2 is 1.58 bits per heavy atom. The molecule has 0 saturated carbocycles. The molecule has 130 valence electrons. The van der Waals surface area contributed by atoms with Gasteiger partial charge in [-0.3, -0.25) is 0 Å². The zero-order chi connectivity index (χ0) is 18.8. The second-order valence-electron chi connectivity index (χ2n) is 5.71. The molecule has 0 aromatic heterocycles. The third-order valence-electron chi connectivity index (χ3n) is 3.80. The van der Waals surface area contributed by atoms with Crippen LogP contribution in [0.25, 0.3) is 11.6 Å². The number of carboxylic acid groups (broad SMARTS) is 1. The number of allylic oxidation sites excluding steroid dienone is 6. The molecule has 0 heterocycles. The Hall–Kier alpha value is -3.39. The van der Waals surface area contributed by atoms with Crippen LogP contribution in [-0.4, -0.2) is 11.1 Å². The van der Waals surface area contributed by atoms with Gasteiger partial charge in [-0.05, 0) is 35.3 Å². The first-order valence-electron chi connectivity index (χ1n) is 8.35. The van der Waals surface area contributed by atoms with E-state index in [0.29, 0.717) is 5.57 Å². The highest BCUT2D eigenvalue weighted by Gasteiger charge is 2.09. The highest BCUT2D eigenvalue weighted by Crippen LogP contribution is 2.20. The van der Waals surface area contributed by atoms with Gasteiger partial charge < -0.3 is 5.11 Å². The molecule has 2 heteroatoms. The molecule has 26 heavy (non-hydrogen) atoms. The summed E-state index contributed by atoms with van der Waals surface area (Å²) in [6, 6.07) is 19.7. The van der Waals surface area contributed by atoms with E-state index in [2.05, 4.69) is 6.58 Å². The molecule has 0 aliphatic rings. The Bertz CT molecular complexity index is 867. The van der Waals surface area contributed by atoms with Crippen molar-refractivity contribution in [1.29, 1.82) is 0 Å². The summed E-state index contributed by atoms with van der Waals surface area (Å²) in [5.74, 6) is -0.979. The van der Waals surface area contributed by atoms with Gasteiger partial charge >= 0.3 is 5.97 Å². The summed E-state index contributed by atoms with van der Waals surface area (Å²) >= 11 is 0. The standard InChI is InChI=1S/C24H22O2/c1-3-4-15-23(24(25)26)22(17-16-20-11-7-5-8-12-20)18-19(2)21-13-9-6-10-14-21/h3-18H,1H2,2H3,(H,25,26). The van der Waals surface area contributed by atoms with Crippen LogP contribution >= 0.6 is 0 Å². The van der Waals surface area contributed by atoms with Gasteiger partial charge in [0.05, 0.1) is 5.57 Å². The van der Waals surface area contributed by atoms with Crippen LogP contribution in [-0.2, 0) is 4.79 Å². The molecule has 0 fully saturated rings. The average Bonchev–Trinajstić information content (AvgIpc) is 2.67. The largest absolute Gasteiger partial charge is 0.478 e. The Morgan fingerprint density at radius 1 is 0.962 bits per heavy atom. The Labute approximate surface area is 154 Å². The van der Waals surface area contributed by atoms with Crippen molar-refractivity contribution in [2.24, 2.45) is 0 Å². The van der Waals surface area contributed by atoms with Crippen LogP contribution in [0.2, 0.25) is 0 Å². The Morgan fingerprint density at radius 3 is 2.15 bits per heavy atom. The van der Waals surface area contributed by atoms with Gasteiger partial charge in [0, 0.05) is 0 Å². The topological polar surface area (TPSA) is 37.3 Å². The fourth-order valence-corrected chi connectivity index (χ4v) is 2.44. The molecular formula is C24H22O2. The molecular weight excluding hydrogens is 320 g/mol. The first-order chi connectivity index (χ1) is 12.6. The summed E-state index contributed by atoms with van der Waals surface area (Å²) in [5, 5.41) is 9.64. The molecule has 2 aromatic rings. The van der Waals surface area contributed by atoms with Crippen LogP contribution in [0.1, 0.15) is 18.1 Å². The second-order valence-corrected chi connectivity index (χ2v) is 5.71. The van der Waals surface area contributed by atoms with Gasteiger partial charge in [-0.1, -0.05) is 97.6 Å². The van der Waals surface area contributed by atoms with Crippen LogP contribution in [0.15, 0.2) is 109 Å². The van der Waals surface area contributed by atoms with Crippen LogP contribution in [0, 0.1) is 0 Å². The van der Waals surface area contributed by atoms with Crippen LogP contribution in [0.3, 0.4) is 0 Å². The van der Waals surface area contributed by atoms with Crippen molar-refractivity contribution in [1.82, 2.24) is 0 Å². The fraction of sp³-hybridized carbons (Fsp3) is 0.0417. The smallest absolute Gasteiger partial charge is 0.336 e. The van der Waals surface area contributed by atoms with E-state index in [9.17, 15) is 9.90 Å². The molecule has 2 nitrogen and oxygen atoms in total. The van der Waals surface area contributed by atoms with Gasteiger partial charge in [0.15, 0.2) is 0 Å². The van der Waals surface area contributed by atoms with E-state index in [1.54, 1.807) is 18.2 Å². The van der Waals surface area contributed by atoms with E-state index in [-0.39, 0.29) is 5.57 Å². The van der Waals surface area contributed by atoms with E-state index >= 15 is 0 Å². The molecule has 0 aliphatic heterocycles. The van der Waals surface area contributed by atoms with Gasteiger partial charge in [-0.25, -0.2) is 4.79 Å². The molecule has 0 atom stereocenters. The van der Waals surface area contributed by atoms with E-state index in [0.717, 1.165) is 16.7 Å². The predicted octanol–water partition coefficient (Wildman–Crippen LogP) is 5.93. The minimum Gasteiger partial charge on any atom is -0.478 e. The van der Waals surface area contributed by atoms with Crippen LogP contribution < -0.4 is 0 Å². The quantitative estimate of drug-likeness (QED) is 0.500. The van der Waals surface area contributed by atoms with Crippen molar-refractivity contribution in [3.63, 3.8) is 0 Å². The molecule has 0 spiro atoms. The molecule has 0 saturated heterocycles. The zero-order valence-electron chi connectivity index (χ0n) is 14.8. The third-order valence-corrected chi connectivity index (χ3v) is 3.80. The summed E-state index contributed by atoms with van der Waals surface area (Å²) in [6.07, 6.45) is 10.4. The Balaban J connectivity index is 2.53. The zero-order valence-corrected chi connectivity index (χ0v) is 14.8. The van der Waals surface area contributed by atoms with E-state index in [1.807, 2.05) is 85.8 Å². The fourth-order valence-electron chi connectivity index (χ4n) is 2.44. The van der Waals surface area contributed by atoms with Crippen molar-refractivity contribution in [2.45, 2.75) is 6.92 Å². The lowest BCUT2D eigenvalue weighted by Crippen LogP contribution is -2.01. The normalized spacial score (nSPS) is 13.0. The van der Waals surface area contributed by atoms with E-state index < -0.39 is 5.97 Å². The molecule has 0 radical (unpaired) electrons. The maximum absolute atomic E-state index is 11.8. The lowest BCUT2D eigenvalue weighted by atomic mass is 9.99. The minimum atomic E-state index is -0.979. The van der Waals surface area contributed by atoms with Crippen LogP contribution in [0.5, 0.6) is 0 Å². The van der Waals surface area contributed by atoms with Gasteiger partial charge in [0.25, 0.3) is 0 Å². The number of aliphatic carboxylic acids is 1.